The fraction of sp³-hybridized carbons (Fsp3) is 0.500. The SMILES string of the molecule is CC(C)(C)OC(=O)NCCCCCCNC(=O)c1cc(C(=O)O)cc(C(=O)O)c1. The van der Waals surface area contributed by atoms with Crippen LogP contribution in [0.3, 0.4) is 0 Å². The molecule has 0 radical (unpaired) electrons. The van der Waals surface area contributed by atoms with E-state index in [4.69, 9.17) is 14.9 Å². The van der Waals surface area contributed by atoms with Gasteiger partial charge in [-0.25, -0.2) is 14.4 Å². The molecule has 0 fully saturated rings. The van der Waals surface area contributed by atoms with E-state index in [1.54, 1.807) is 20.8 Å². The molecule has 29 heavy (non-hydrogen) atoms. The monoisotopic (exact) mass is 408 g/mol. The zero-order chi connectivity index (χ0) is 22.0. The highest BCUT2D eigenvalue weighted by Gasteiger charge is 2.16. The number of carbonyl (C=O) groups is 4. The van der Waals surface area contributed by atoms with Gasteiger partial charge in [-0.05, 0) is 51.8 Å². The quantitative estimate of drug-likeness (QED) is 0.436. The highest BCUT2D eigenvalue weighted by atomic mass is 16.6. The molecule has 0 bridgehead atoms. The summed E-state index contributed by atoms with van der Waals surface area (Å²) in [5, 5.41) is 23.4. The molecule has 0 aliphatic carbocycles. The first-order valence-corrected chi connectivity index (χ1v) is 9.36. The molecule has 0 atom stereocenters. The number of carbonyl (C=O) groups excluding carboxylic acids is 2. The molecule has 1 aromatic rings. The largest absolute Gasteiger partial charge is 0.478 e. The third-order valence-electron chi connectivity index (χ3n) is 3.75. The summed E-state index contributed by atoms with van der Waals surface area (Å²) in [7, 11) is 0. The van der Waals surface area contributed by atoms with E-state index in [0.29, 0.717) is 19.5 Å². The second kappa shape index (κ2) is 11.0. The van der Waals surface area contributed by atoms with Crippen LogP contribution in [0.4, 0.5) is 4.79 Å². The number of carboxylic acid groups (broad SMARTS) is 2. The number of hydrogen-bond acceptors (Lipinski definition) is 5. The van der Waals surface area contributed by atoms with Gasteiger partial charge in [0.05, 0.1) is 11.1 Å². The number of rotatable bonds is 10. The van der Waals surface area contributed by atoms with Crippen molar-refractivity contribution in [3.05, 3.63) is 34.9 Å². The normalized spacial score (nSPS) is 10.9. The molecule has 4 N–H and O–H groups in total. The molecule has 1 aromatic carbocycles. The maximum Gasteiger partial charge on any atom is 0.407 e. The van der Waals surface area contributed by atoms with Crippen molar-refractivity contribution in [2.24, 2.45) is 0 Å². The molecule has 0 spiro atoms. The number of aromatic carboxylic acids is 2. The topological polar surface area (TPSA) is 142 Å². The third kappa shape index (κ3) is 9.59. The Morgan fingerprint density at radius 1 is 0.793 bits per heavy atom. The van der Waals surface area contributed by atoms with Gasteiger partial charge in [0.1, 0.15) is 5.60 Å². The summed E-state index contributed by atoms with van der Waals surface area (Å²) in [6.07, 6.45) is 2.70. The molecular formula is C20H28N2O7. The summed E-state index contributed by atoms with van der Waals surface area (Å²) in [6.45, 7) is 6.25. The minimum atomic E-state index is -1.30. The van der Waals surface area contributed by atoms with Gasteiger partial charge in [-0.1, -0.05) is 12.8 Å². The van der Waals surface area contributed by atoms with Crippen LogP contribution in [0.1, 0.15) is 77.5 Å². The van der Waals surface area contributed by atoms with Crippen LogP contribution < -0.4 is 10.6 Å². The first-order chi connectivity index (χ1) is 13.5. The van der Waals surface area contributed by atoms with E-state index < -0.39 is 29.5 Å². The first kappa shape index (κ1) is 23.9. The molecule has 9 nitrogen and oxygen atoms in total. The zero-order valence-electron chi connectivity index (χ0n) is 16.9. The summed E-state index contributed by atoms with van der Waals surface area (Å²) in [6, 6.07) is 3.30. The lowest BCUT2D eigenvalue weighted by Crippen LogP contribution is -2.33. The van der Waals surface area contributed by atoms with Crippen molar-refractivity contribution in [3.63, 3.8) is 0 Å². The Kier molecular flexibility index (Phi) is 9.11. The van der Waals surface area contributed by atoms with E-state index >= 15 is 0 Å². The Morgan fingerprint density at radius 2 is 1.24 bits per heavy atom. The lowest BCUT2D eigenvalue weighted by molar-refractivity contribution is 0.0525. The molecule has 2 amide bonds. The van der Waals surface area contributed by atoms with Gasteiger partial charge in [-0.3, -0.25) is 4.79 Å². The van der Waals surface area contributed by atoms with Crippen molar-refractivity contribution < 1.29 is 34.1 Å². The number of carboxylic acids is 2. The number of ether oxygens (including phenoxy) is 1. The molecule has 0 saturated carbocycles. The maximum atomic E-state index is 12.2. The van der Waals surface area contributed by atoms with E-state index in [1.807, 2.05) is 0 Å². The van der Waals surface area contributed by atoms with E-state index in [0.717, 1.165) is 37.5 Å². The number of unbranched alkanes of at least 4 members (excludes halogenated alkanes) is 3. The van der Waals surface area contributed by atoms with Crippen molar-refractivity contribution >= 4 is 23.9 Å². The van der Waals surface area contributed by atoms with E-state index in [-0.39, 0.29) is 16.7 Å². The molecule has 0 heterocycles. The number of benzene rings is 1. The number of alkyl carbamates (subject to hydrolysis) is 1. The molecule has 160 valence electrons. The van der Waals surface area contributed by atoms with Crippen LogP contribution in [0.25, 0.3) is 0 Å². The van der Waals surface area contributed by atoms with Crippen LogP contribution in [-0.4, -0.2) is 52.8 Å². The van der Waals surface area contributed by atoms with Crippen LogP contribution in [0.2, 0.25) is 0 Å². The Labute approximate surface area is 169 Å². The van der Waals surface area contributed by atoms with Crippen molar-refractivity contribution in [3.8, 4) is 0 Å². The predicted octanol–water partition coefficient (Wildman–Crippen LogP) is 2.90. The maximum absolute atomic E-state index is 12.2. The van der Waals surface area contributed by atoms with Gasteiger partial charge in [0.15, 0.2) is 0 Å². The van der Waals surface area contributed by atoms with E-state index in [1.165, 1.54) is 0 Å². The summed E-state index contributed by atoms with van der Waals surface area (Å²) in [5.74, 6) is -3.13. The minimum absolute atomic E-state index is 0.0103. The number of nitrogens with one attached hydrogen (secondary N) is 2. The average molecular weight is 408 g/mol. The van der Waals surface area contributed by atoms with Gasteiger partial charge in [0.2, 0.25) is 0 Å². The van der Waals surface area contributed by atoms with Gasteiger partial charge < -0.3 is 25.6 Å². The van der Waals surface area contributed by atoms with Gasteiger partial charge in [0, 0.05) is 18.7 Å². The summed E-state index contributed by atoms with van der Waals surface area (Å²) in [4.78, 5) is 45.8. The molecular weight excluding hydrogens is 380 g/mol. The Morgan fingerprint density at radius 3 is 1.69 bits per heavy atom. The van der Waals surface area contributed by atoms with Crippen LogP contribution in [0.5, 0.6) is 0 Å². The molecule has 0 saturated heterocycles. The van der Waals surface area contributed by atoms with E-state index in [9.17, 15) is 19.2 Å². The fourth-order valence-electron chi connectivity index (χ4n) is 2.42. The molecule has 0 unspecified atom stereocenters. The fourth-order valence-corrected chi connectivity index (χ4v) is 2.42. The Bertz CT molecular complexity index is 721. The van der Waals surface area contributed by atoms with Crippen LogP contribution in [0.15, 0.2) is 18.2 Å². The van der Waals surface area contributed by atoms with Gasteiger partial charge >= 0.3 is 18.0 Å². The Balaban J connectivity index is 2.32. The van der Waals surface area contributed by atoms with Gasteiger partial charge in [-0.15, -0.1) is 0 Å². The van der Waals surface area contributed by atoms with Gasteiger partial charge in [0.25, 0.3) is 5.91 Å². The standard InChI is InChI=1S/C20H28N2O7/c1-20(2,3)29-19(28)22-9-7-5-4-6-8-21-16(23)13-10-14(17(24)25)12-15(11-13)18(26)27/h10-12H,4-9H2,1-3H3,(H,21,23)(H,22,28)(H,24,25)(H,26,27). The first-order valence-electron chi connectivity index (χ1n) is 9.36. The van der Waals surface area contributed by atoms with Crippen molar-refractivity contribution in [2.75, 3.05) is 13.1 Å². The Hall–Kier alpha value is -3.10. The summed E-state index contributed by atoms with van der Waals surface area (Å²) in [5.41, 5.74) is -1.05. The molecule has 9 heteroatoms. The molecule has 0 aliphatic heterocycles. The lowest BCUT2D eigenvalue weighted by atomic mass is 10.0. The highest BCUT2D eigenvalue weighted by Crippen LogP contribution is 2.11. The second-order valence-electron chi connectivity index (χ2n) is 7.51. The van der Waals surface area contributed by atoms with Crippen LogP contribution in [0, 0.1) is 0 Å². The average Bonchev–Trinajstić information content (AvgIpc) is 2.61. The minimum Gasteiger partial charge on any atom is -0.478 e. The lowest BCUT2D eigenvalue weighted by Gasteiger charge is -2.19. The third-order valence-corrected chi connectivity index (χ3v) is 3.75. The second-order valence-corrected chi connectivity index (χ2v) is 7.51. The van der Waals surface area contributed by atoms with Gasteiger partial charge in [-0.2, -0.15) is 0 Å². The highest BCUT2D eigenvalue weighted by molar-refractivity contribution is 6.01. The predicted molar refractivity (Wildman–Crippen MR) is 105 cm³/mol. The zero-order valence-corrected chi connectivity index (χ0v) is 16.9. The summed E-state index contributed by atoms with van der Waals surface area (Å²) >= 11 is 0. The molecule has 0 aliphatic rings. The van der Waals surface area contributed by atoms with Crippen LogP contribution in [-0.2, 0) is 4.74 Å². The van der Waals surface area contributed by atoms with Crippen molar-refractivity contribution in [2.45, 2.75) is 52.1 Å². The smallest absolute Gasteiger partial charge is 0.407 e. The number of amides is 2. The van der Waals surface area contributed by atoms with E-state index in [2.05, 4.69) is 10.6 Å². The summed E-state index contributed by atoms with van der Waals surface area (Å²) < 4.78 is 5.13. The van der Waals surface area contributed by atoms with Crippen LogP contribution >= 0.6 is 0 Å². The molecule has 0 aromatic heterocycles. The van der Waals surface area contributed by atoms with Crippen molar-refractivity contribution in [1.29, 1.82) is 0 Å². The molecule has 1 rings (SSSR count). The van der Waals surface area contributed by atoms with Crippen molar-refractivity contribution in [1.82, 2.24) is 10.6 Å². The number of hydrogen-bond donors (Lipinski definition) is 4.